The van der Waals surface area contributed by atoms with Gasteiger partial charge in [0.05, 0.1) is 7.11 Å². The molecule has 3 atom stereocenters. The van der Waals surface area contributed by atoms with Crippen LogP contribution in [0.15, 0.2) is 35.3 Å². The number of methoxy groups -OCH3 is 1. The summed E-state index contributed by atoms with van der Waals surface area (Å²) in [5, 5.41) is 0. The van der Waals surface area contributed by atoms with E-state index in [1.807, 2.05) is 37.3 Å². The van der Waals surface area contributed by atoms with Gasteiger partial charge in [-0.3, -0.25) is 0 Å². The van der Waals surface area contributed by atoms with E-state index in [4.69, 9.17) is 19.2 Å². The molecule has 0 aliphatic carbocycles. The first kappa shape index (κ1) is 16.0. The highest BCUT2D eigenvalue weighted by Crippen LogP contribution is 2.64. The molecule has 0 amide bonds. The number of carbonyl (C=O) groups is 1. The molecule has 3 rings (SSSR count). The summed E-state index contributed by atoms with van der Waals surface area (Å²) in [6.07, 6.45) is 0.658. The third kappa shape index (κ3) is 1.89. The molecule has 2 aliphatic rings. The standard InChI is InChI=1S/C18H23NO4/c1-12(2)11-17-16(4,22-13(3)19-17)23-18(17,15(20)21-5)14-9-7-6-8-10-14/h6-10,12H,11H2,1-5H3. The molecule has 23 heavy (non-hydrogen) atoms. The van der Waals surface area contributed by atoms with Crippen LogP contribution in [0.2, 0.25) is 0 Å². The lowest BCUT2D eigenvalue weighted by Gasteiger charge is -2.61. The van der Waals surface area contributed by atoms with E-state index in [-0.39, 0.29) is 0 Å². The fourth-order valence-corrected chi connectivity index (χ4v) is 4.00. The van der Waals surface area contributed by atoms with Crippen LogP contribution in [0.1, 0.15) is 39.7 Å². The highest BCUT2D eigenvalue weighted by molar-refractivity contribution is 5.89. The molecular weight excluding hydrogens is 294 g/mol. The number of aliphatic imine (C=N–C) groups is 1. The first-order chi connectivity index (χ1) is 10.8. The van der Waals surface area contributed by atoms with Crippen LogP contribution >= 0.6 is 0 Å². The second kappa shape index (κ2) is 5.06. The molecule has 0 bridgehead atoms. The summed E-state index contributed by atoms with van der Waals surface area (Å²) in [6, 6.07) is 9.42. The van der Waals surface area contributed by atoms with Gasteiger partial charge in [0.1, 0.15) is 0 Å². The van der Waals surface area contributed by atoms with E-state index in [0.717, 1.165) is 5.56 Å². The molecule has 0 N–H and O–H groups in total. The summed E-state index contributed by atoms with van der Waals surface area (Å²) in [4.78, 5) is 17.6. The number of rotatable bonds is 4. The van der Waals surface area contributed by atoms with E-state index in [9.17, 15) is 4.79 Å². The van der Waals surface area contributed by atoms with E-state index in [0.29, 0.717) is 18.2 Å². The zero-order valence-corrected chi connectivity index (χ0v) is 14.3. The topological polar surface area (TPSA) is 57.1 Å². The minimum Gasteiger partial charge on any atom is -0.467 e. The van der Waals surface area contributed by atoms with Crippen molar-refractivity contribution in [2.45, 2.75) is 51.0 Å². The molecule has 2 aliphatic heterocycles. The maximum atomic E-state index is 12.8. The number of hydrogen-bond acceptors (Lipinski definition) is 5. The first-order valence-corrected chi connectivity index (χ1v) is 7.91. The van der Waals surface area contributed by atoms with Gasteiger partial charge in [0.2, 0.25) is 11.4 Å². The molecule has 1 fully saturated rings. The minimum atomic E-state index is -1.28. The Hall–Kier alpha value is -1.88. The molecule has 0 radical (unpaired) electrons. The van der Waals surface area contributed by atoms with Crippen molar-refractivity contribution in [1.29, 1.82) is 0 Å². The lowest BCUT2D eigenvalue weighted by atomic mass is 9.61. The van der Waals surface area contributed by atoms with Gasteiger partial charge in [-0.25, -0.2) is 9.79 Å². The van der Waals surface area contributed by atoms with Gasteiger partial charge in [-0.2, -0.15) is 0 Å². The molecule has 124 valence electrons. The molecule has 0 aromatic heterocycles. The molecule has 1 aromatic carbocycles. The Balaban J connectivity index is 2.23. The number of nitrogens with zero attached hydrogens (tertiary/aromatic N) is 1. The van der Waals surface area contributed by atoms with Crippen LogP contribution in [0.3, 0.4) is 0 Å². The molecule has 5 heteroatoms. The Morgan fingerprint density at radius 3 is 2.48 bits per heavy atom. The second-order valence-electron chi connectivity index (χ2n) is 6.78. The molecule has 1 aromatic rings. The SMILES string of the molecule is COC(=O)C1(c2ccccc2)OC2(C)OC(C)=NC21CC(C)C. The van der Waals surface area contributed by atoms with Crippen LogP contribution in [0.25, 0.3) is 0 Å². The Bertz CT molecular complexity index is 656. The van der Waals surface area contributed by atoms with E-state index >= 15 is 0 Å². The molecule has 3 unspecified atom stereocenters. The van der Waals surface area contributed by atoms with Gasteiger partial charge in [0.15, 0.2) is 11.4 Å². The second-order valence-corrected chi connectivity index (χ2v) is 6.78. The molecule has 2 heterocycles. The average Bonchev–Trinajstić information content (AvgIpc) is 2.69. The lowest BCUT2D eigenvalue weighted by molar-refractivity contribution is -0.392. The van der Waals surface area contributed by atoms with Gasteiger partial charge in [0, 0.05) is 13.8 Å². The maximum Gasteiger partial charge on any atom is 0.345 e. The Morgan fingerprint density at radius 1 is 1.30 bits per heavy atom. The van der Waals surface area contributed by atoms with Gasteiger partial charge in [-0.1, -0.05) is 44.2 Å². The van der Waals surface area contributed by atoms with E-state index < -0.39 is 22.9 Å². The third-order valence-electron chi connectivity index (χ3n) is 4.73. The van der Waals surface area contributed by atoms with Gasteiger partial charge in [-0.15, -0.1) is 0 Å². The van der Waals surface area contributed by atoms with E-state index in [1.54, 1.807) is 6.92 Å². The van der Waals surface area contributed by atoms with Crippen LogP contribution in [0.5, 0.6) is 0 Å². The number of hydrogen-bond donors (Lipinski definition) is 0. The largest absolute Gasteiger partial charge is 0.467 e. The summed E-state index contributed by atoms with van der Waals surface area (Å²) in [6.45, 7) is 7.84. The van der Waals surface area contributed by atoms with E-state index in [2.05, 4.69) is 13.8 Å². The lowest BCUT2D eigenvalue weighted by Crippen LogP contribution is -2.79. The predicted octanol–water partition coefficient (Wildman–Crippen LogP) is 3.03. The van der Waals surface area contributed by atoms with Gasteiger partial charge < -0.3 is 14.2 Å². The van der Waals surface area contributed by atoms with Crippen LogP contribution in [0.4, 0.5) is 0 Å². The van der Waals surface area contributed by atoms with Gasteiger partial charge in [-0.05, 0) is 17.9 Å². The maximum absolute atomic E-state index is 12.8. The summed E-state index contributed by atoms with van der Waals surface area (Å²) >= 11 is 0. The average molecular weight is 317 g/mol. The molecule has 0 spiro atoms. The Morgan fingerprint density at radius 2 is 1.96 bits per heavy atom. The summed E-state index contributed by atoms with van der Waals surface area (Å²) in [7, 11) is 1.38. The van der Waals surface area contributed by atoms with Crippen molar-refractivity contribution in [3.05, 3.63) is 35.9 Å². The van der Waals surface area contributed by atoms with Crippen molar-refractivity contribution in [3.8, 4) is 0 Å². The normalized spacial score (nSPS) is 35.1. The summed E-state index contributed by atoms with van der Waals surface area (Å²) in [5.41, 5.74) is -1.36. The smallest absolute Gasteiger partial charge is 0.345 e. The van der Waals surface area contributed by atoms with Gasteiger partial charge >= 0.3 is 5.97 Å². The van der Waals surface area contributed by atoms with Crippen molar-refractivity contribution in [1.82, 2.24) is 0 Å². The Kier molecular flexibility index (Phi) is 3.52. The number of benzene rings is 1. The fraction of sp³-hybridized carbons (Fsp3) is 0.556. The highest BCUT2D eigenvalue weighted by atomic mass is 16.8. The van der Waals surface area contributed by atoms with Crippen molar-refractivity contribution < 1.29 is 19.0 Å². The fourth-order valence-electron chi connectivity index (χ4n) is 4.00. The highest BCUT2D eigenvalue weighted by Gasteiger charge is 2.83. The molecule has 0 saturated carbocycles. The molecule has 1 saturated heterocycles. The van der Waals surface area contributed by atoms with Crippen LogP contribution in [0, 0.1) is 5.92 Å². The van der Waals surface area contributed by atoms with Crippen LogP contribution < -0.4 is 0 Å². The number of fused-ring (bicyclic) bond motifs is 1. The molecule has 5 nitrogen and oxygen atoms in total. The number of esters is 1. The number of carbonyl (C=O) groups excluding carboxylic acids is 1. The van der Waals surface area contributed by atoms with Gasteiger partial charge in [0.25, 0.3) is 0 Å². The minimum absolute atomic E-state index is 0.309. The van der Waals surface area contributed by atoms with Crippen molar-refractivity contribution in [2.75, 3.05) is 7.11 Å². The van der Waals surface area contributed by atoms with Crippen molar-refractivity contribution in [2.24, 2.45) is 10.9 Å². The first-order valence-electron chi connectivity index (χ1n) is 7.91. The zero-order chi connectivity index (χ0) is 16.9. The summed E-state index contributed by atoms with van der Waals surface area (Å²) < 4.78 is 17.1. The van der Waals surface area contributed by atoms with E-state index in [1.165, 1.54) is 7.11 Å². The van der Waals surface area contributed by atoms with Crippen LogP contribution in [-0.4, -0.2) is 30.3 Å². The Labute approximate surface area is 136 Å². The predicted molar refractivity (Wildman–Crippen MR) is 86.0 cm³/mol. The van der Waals surface area contributed by atoms with Crippen LogP contribution in [-0.2, 0) is 24.6 Å². The zero-order valence-electron chi connectivity index (χ0n) is 14.3. The van der Waals surface area contributed by atoms with Crippen molar-refractivity contribution in [3.63, 3.8) is 0 Å². The van der Waals surface area contributed by atoms with Crippen molar-refractivity contribution >= 4 is 11.9 Å². The molecular formula is C18H23NO4. The number of ether oxygens (including phenoxy) is 3. The monoisotopic (exact) mass is 317 g/mol. The quantitative estimate of drug-likeness (QED) is 0.801. The third-order valence-corrected chi connectivity index (χ3v) is 4.73. The summed E-state index contributed by atoms with van der Waals surface area (Å²) in [5.74, 6) is -0.547.